The number of rotatable bonds is 20. The molecule has 17 nitrogen and oxygen atoms in total. The third-order valence-electron chi connectivity index (χ3n) is 8.35. The summed E-state index contributed by atoms with van der Waals surface area (Å²) in [6.45, 7) is 10.1. The van der Waals surface area contributed by atoms with Crippen LogP contribution in [-0.2, 0) is 28.5 Å². The van der Waals surface area contributed by atoms with E-state index in [0.717, 1.165) is 18.5 Å². The van der Waals surface area contributed by atoms with Gasteiger partial charge in [0, 0.05) is 44.0 Å². The van der Waals surface area contributed by atoms with Gasteiger partial charge in [0.15, 0.2) is 5.82 Å². The van der Waals surface area contributed by atoms with Crippen LogP contribution < -0.4 is 10.6 Å². The van der Waals surface area contributed by atoms with Crippen LogP contribution in [0.2, 0.25) is 0 Å². The van der Waals surface area contributed by atoms with Crippen molar-refractivity contribution in [3.8, 4) is 17.2 Å². The predicted octanol–water partition coefficient (Wildman–Crippen LogP) is 3.99. The van der Waals surface area contributed by atoms with Crippen molar-refractivity contribution in [2.75, 3.05) is 77.8 Å². The Balaban J connectivity index is 0.958. The molecule has 3 N–H and O–H groups in total. The Morgan fingerprint density at radius 1 is 0.855 bits per heavy atom. The van der Waals surface area contributed by atoms with Gasteiger partial charge in [0.05, 0.1) is 76.4 Å². The molecule has 5 rings (SSSR count). The van der Waals surface area contributed by atoms with Crippen LogP contribution in [-0.4, -0.2) is 131 Å². The third kappa shape index (κ3) is 13.5. The highest BCUT2D eigenvalue weighted by molar-refractivity contribution is 6.02. The average Bonchev–Trinajstić information content (AvgIpc) is 3.87. The van der Waals surface area contributed by atoms with Gasteiger partial charge in [-0.2, -0.15) is 14.9 Å². The number of hydrogen-bond donors (Lipinski definition) is 3. The molecular formula is C38H51N9O8. The second kappa shape index (κ2) is 21.0. The smallest absolute Gasteiger partial charge is 0.407 e. The monoisotopic (exact) mass is 761 g/mol. The summed E-state index contributed by atoms with van der Waals surface area (Å²) in [5, 5.41) is 17.3. The minimum absolute atomic E-state index is 0.0486. The van der Waals surface area contributed by atoms with Crippen LogP contribution in [0.15, 0.2) is 60.9 Å². The lowest BCUT2D eigenvalue weighted by molar-refractivity contribution is -0.133. The summed E-state index contributed by atoms with van der Waals surface area (Å²) < 4.78 is 28.8. The summed E-state index contributed by atoms with van der Waals surface area (Å²) >= 11 is 0. The molecule has 17 heteroatoms. The van der Waals surface area contributed by atoms with Crippen LogP contribution in [0.25, 0.3) is 17.2 Å². The van der Waals surface area contributed by atoms with Crippen LogP contribution in [0.5, 0.6) is 0 Å². The average molecular weight is 762 g/mol. The minimum Gasteiger partial charge on any atom is -0.444 e. The van der Waals surface area contributed by atoms with E-state index >= 15 is 0 Å². The summed E-state index contributed by atoms with van der Waals surface area (Å²) in [7, 11) is 0. The molecule has 55 heavy (non-hydrogen) atoms. The Morgan fingerprint density at radius 2 is 1.56 bits per heavy atom. The van der Waals surface area contributed by atoms with Crippen LogP contribution in [0.3, 0.4) is 0 Å². The van der Waals surface area contributed by atoms with Crippen molar-refractivity contribution in [1.29, 1.82) is 0 Å². The van der Waals surface area contributed by atoms with Crippen molar-refractivity contribution in [3.63, 3.8) is 0 Å². The van der Waals surface area contributed by atoms with Gasteiger partial charge >= 0.3 is 6.09 Å². The largest absolute Gasteiger partial charge is 0.444 e. The highest BCUT2D eigenvalue weighted by Gasteiger charge is 2.27. The summed E-state index contributed by atoms with van der Waals surface area (Å²) in [4.78, 5) is 48.7. The number of carbonyl (C=O) groups excluding carboxylic acids is 3. The van der Waals surface area contributed by atoms with Gasteiger partial charge in [-0.1, -0.05) is 12.1 Å². The lowest BCUT2D eigenvalue weighted by atomic mass is 9.93. The number of pyridine rings is 2. The molecule has 0 aliphatic carbocycles. The molecule has 4 aromatic rings. The van der Waals surface area contributed by atoms with Crippen LogP contribution in [0, 0.1) is 0 Å². The summed E-state index contributed by atoms with van der Waals surface area (Å²) in [6, 6.07) is 14.4. The number of hydrogen-bond acceptors (Lipinski definition) is 12. The molecule has 0 atom stereocenters. The number of aromatic nitrogens is 6. The molecule has 1 saturated heterocycles. The summed E-state index contributed by atoms with van der Waals surface area (Å²) in [6.07, 6.45) is 4.60. The zero-order chi connectivity index (χ0) is 38.9. The molecule has 0 unspecified atom stereocenters. The molecule has 0 aromatic carbocycles. The van der Waals surface area contributed by atoms with E-state index in [-0.39, 0.29) is 23.4 Å². The van der Waals surface area contributed by atoms with Gasteiger partial charge in [0.25, 0.3) is 5.91 Å². The lowest BCUT2D eigenvalue weighted by Crippen LogP contribution is -2.38. The number of piperidine rings is 1. The predicted molar refractivity (Wildman–Crippen MR) is 202 cm³/mol. The molecular weight excluding hydrogens is 710 g/mol. The standard InChI is InChI=1S/C38H51N9O8/c1-38(2,3)55-37(50)40-16-20-52-22-24-54-26-25-53-23-21-51-19-13-35(48)46-17-11-28(12-18-46)32-27-34(47(45-32)33-9-4-5-14-39-33)43-36(49)31-8-6-7-29(42-31)30-10-15-41-44-30/h4-10,14-15,27-28H,11-13,16-26H2,1-3H3,(H,40,50)(H,41,44)(H,43,49). The minimum atomic E-state index is -0.532. The molecule has 0 spiro atoms. The Bertz CT molecular complexity index is 1770. The fourth-order valence-corrected chi connectivity index (χ4v) is 5.68. The first-order valence-electron chi connectivity index (χ1n) is 18.5. The molecule has 0 saturated carbocycles. The second-order valence-electron chi connectivity index (χ2n) is 13.7. The van der Waals surface area contributed by atoms with Gasteiger partial charge in [-0.3, -0.25) is 14.7 Å². The van der Waals surface area contributed by atoms with Gasteiger partial charge in [0.2, 0.25) is 5.91 Å². The quantitative estimate of drug-likeness (QED) is 0.110. The number of ether oxygens (including phenoxy) is 5. The number of H-pyrrole nitrogens is 1. The van der Waals surface area contributed by atoms with Crippen molar-refractivity contribution in [2.24, 2.45) is 0 Å². The van der Waals surface area contributed by atoms with E-state index in [2.05, 4.69) is 30.8 Å². The fourth-order valence-electron chi connectivity index (χ4n) is 5.68. The Hall–Kier alpha value is -5.23. The normalized spacial score (nSPS) is 13.5. The molecule has 4 aromatic heterocycles. The van der Waals surface area contributed by atoms with E-state index in [1.165, 1.54) is 0 Å². The van der Waals surface area contributed by atoms with E-state index in [0.29, 0.717) is 102 Å². The highest BCUT2D eigenvalue weighted by Crippen LogP contribution is 2.30. The lowest BCUT2D eigenvalue weighted by Gasteiger charge is -2.31. The number of nitrogens with zero attached hydrogens (tertiary/aromatic N) is 6. The Labute approximate surface area is 320 Å². The van der Waals surface area contributed by atoms with Crippen molar-refractivity contribution < 1.29 is 38.1 Å². The van der Waals surface area contributed by atoms with E-state index in [1.807, 2.05) is 49.9 Å². The molecule has 3 amide bonds. The number of anilines is 1. The number of likely N-dealkylation sites (tertiary alicyclic amines) is 1. The fraction of sp³-hybridized carbons (Fsp3) is 0.500. The molecule has 0 bridgehead atoms. The van der Waals surface area contributed by atoms with Gasteiger partial charge in [-0.05, 0) is 63.9 Å². The van der Waals surface area contributed by atoms with E-state index in [4.69, 9.17) is 28.8 Å². The van der Waals surface area contributed by atoms with Gasteiger partial charge in [0.1, 0.15) is 17.1 Å². The number of nitrogens with one attached hydrogen (secondary N) is 3. The first-order chi connectivity index (χ1) is 26.7. The van der Waals surface area contributed by atoms with Crippen molar-refractivity contribution in [3.05, 3.63) is 72.3 Å². The zero-order valence-electron chi connectivity index (χ0n) is 31.7. The van der Waals surface area contributed by atoms with Crippen LogP contribution in [0.4, 0.5) is 10.6 Å². The first kappa shape index (κ1) is 40.9. The first-order valence-corrected chi connectivity index (χ1v) is 18.5. The molecule has 296 valence electrons. The maximum atomic E-state index is 13.4. The van der Waals surface area contributed by atoms with Crippen molar-refractivity contribution >= 4 is 23.7 Å². The molecule has 5 heterocycles. The highest BCUT2D eigenvalue weighted by atomic mass is 16.6. The van der Waals surface area contributed by atoms with Gasteiger partial charge in [-0.15, -0.1) is 0 Å². The van der Waals surface area contributed by atoms with E-state index in [9.17, 15) is 14.4 Å². The van der Waals surface area contributed by atoms with Crippen molar-refractivity contribution in [1.82, 2.24) is 40.2 Å². The zero-order valence-corrected chi connectivity index (χ0v) is 31.7. The number of aromatic amines is 1. The van der Waals surface area contributed by atoms with Crippen LogP contribution in [0.1, 0.15) is 62.1 Å². The topological polar surface area (TPSA) is 197 Å². The maximum Gasteiger partial charge on any atom is 0.407 e. The Morgan fingerprint density at radius 3 is 2.22 bits per heavy atom. The number of alkyl carbamates (subject to hydrolysis) is 1. The Kier molecular flexibility index (Phi) is 15.6. The molecule has 1 aliphatic heterocycles. The third-order valence-corrected chi connectivity index (χ3v) is 8.35. The summed E-state index contributed by atoms with van der Waals surface area (Å²) in [5.41, 5.74) is 1.85. The van der Waals surface area contributed by atoms with Crippen LogP contribution >= 0.6 is 0 Å². The number of amides is 3. The molecule has 1 fully saturated rings. The number of carbonyl (C=O) groups is 3. The van der Waals surface area contributed by atoms with Crippen molar-refractivity contribution in [2.45, 2.75) is 51.6 Å². The second-order valence-corrected chi connectivity index (χ2v) is 13.7. The molecule has 0 radical (unpaired) electrons. The summed E-state index contributed by atoms with van der Waals surface area (Å²) in [5.74, 6) is 0.818. The SMILES string of the molecule is CC(C)(C)OC(=O)NCCOCCOCCOCCOCCC(=O)N1CCC(c2cc(NC(=O)c3cccc(-c4ccn[nH]4)n3)n(-c3ccccn3)n2)CC1. The van der Waals surface area contributed by atoms with E-state index < -0.39 is 11.7 Å². The van der Waals surface area contributed by atoms with Gasteiger partial charge < -0.3 is 39.2 Å². The maximum absolute atomic E-state index is 13.4. The van der Waals surface area contributed by atoms with Gasteiger partial charge in [-0.25, -0.2) is 14.8 Å². The van der Waals surface area contributed by atoms with E-state index in [1.54, 1.807) is 41.3 Å². The molecule has 1 aliphatic rings.